The number of ether oxygens (including phenoxy) is 4. The van der Waals surface area contributed by atoms with E-state index in [9.17, 15) is 4.79 Å². The number of carbonyl (C=O) groups is 1. The van der Waals surface area contributed by atoms with Gasteiger partial charge in [-0.1, -0.05) is 94.7 Å². The first-order chi connectivity index (χ1) is 20.2. The first kappa shape index (κ1) is 30.5. The average Bonchev–Trinajstić information content (AvgIpc) is 2.99. The summed E-state index contributed by atoms with van der Waals surface area (Å²) in [5, 5.41) is 0. The summed E-state index contributed by atoms with van der Waals surface area (Å²) in [4.78, 5) is 12.9. The van der Waals surface area contributed by atoms with Crippen molar-refractivity contribution in [1.29, 1.82) is 0 Å². The molecule has 5 nitrogen and oxygen atoms in total. The monoisotopic (exact) mass is 558 g/mol. The Labute approximate surface area is 246 Å². The molecule has 0 aromatic heterocycles. The number of carbonyl (C=O) groups excluding carboxylic acids is 1. The van der Waals surface area contributed by atoms with Crippen LogP contribution < -0.4 is 18.9 Å². The van der Waals surface area contributed by atoms with Crippen LogP contribution in [0, 0.1) is 0 Å². The topological polar surface area (TPSA) is 54.0 Å². The highest BCUT2D eigenvalue weighted by Crippen LogP contribution is 2.41. The molecule has 0 spiro atoms. The van der Waals surface area contributed by atoms with Gasteiger partial charge in [0.25, 0.3) is 0 Å². The van der Waals surface area contributed by atoms with Crippen LogP contribution >= 0.6 is 0 Å². The highest BCUT2D eigenvalue weighted by molar-refractivity contribution is 5.73. The molecule has 3 aromatic rings. The number of hydrogen-bond acceptors (Lipinski definition) is 5. The predicted octanol–water partition coefficient (Wildman–Crippen LogP) is 9.56. The molecule has 1 unspecified atom stereocenters. The molecule has 0 radical (unpaired) electrons. The van der Waals surface area contributed by atoms with Crippen molar-refractivity contribution in [3.8, 4) is 23.0 Å². The van der Waals surface area contributed by atoms with E-state index in [0.29, 0.717) is 31.1 Å². The van der Waals surface area contributed by atoms with Gasteiger partial charge < -0.3 is 18.9 Å². The van der Waals surface area contributed by atoms with E-state index in [4.69, 9.17) is 18.9 Å². The second kappa shape index (κ2) is 16.7. The summed E-state index contributed by atoms with van der Waals surface area (Å²) >= 11 is 0. The molecule has 0 N–H and O–H groups in total. The van der Waals surface area contributed by atoms with Crippen LogP contribution in [0.1, 0.15) is 107 Å². The highest BCUT2D eigenvalue weighted by Gasteiger charge is 2.26. The molecule has 0 aliphatic carbocycles. The molecule has 0 fully saturated rings. The third-order valence-corrected chi connectivity index (χ3v) is 7.58. The van der Waals surface area contributed by atoms with Gasteiger partial charge in [-0.3, -0.25) is 4.79 Å². The summed E-state index contributed by atoms with van der Waals surface area (Å²) in [7, 11) is 0. The van der Waals surface area contributed by atoms with Crippen molar-refractivity contribution in [3.63, 3.8) is 0 Å². The van der Waals surface area contributed by atoms with E-state index in [-0.39, 0.29) is 12.1 Å². The fourth-order valence-electron chi connectivity index (χ4n) is 5.28. The Balaban J connectivity index is 1.39. The van der Waals surface area contributed by atoms with E-state index >= 15 is 0 Å². The third-order valence-electron chi connectivity index (χ3n) is 7.58. The molecule has 0 amide bonds. The molecular weight excluding hydrogens is 512 g/mol. The maximum Gasteiger partial charge on any atom is 0.311 e. The Morgan fingerprint density at radius 1 is 0.805 bits per heavy atom. The molecule has 1 heterocycles. The predicted molar refractivity (Wildman–Crippen MR) is 164 cm³/mol. The smallest absolute Gasteiger partial charge is 0.311 e. The zero-order valence-electron chi connectivity index (χ0n) is 24.9. The van der Waals surface area contributed by atoms with E-state index in [2.05, 4.69) is 13.0 Å². The molecule has 3 aromatic carbocycles. The van der Waals surface area contributed by atoms with Gasteiger partial charge in [0.2, 0.25) is 0 Å². The lowest BCUT2D eigenvalue weighted by Crippen LogP contribution is -2.18. The summed E-state index contributed by atoms with van der Waals surface area (Å²) in [6, 6.07) is 21.8. The van der Waals surface area contributed by atoms with Crippen molar-refractivity contribution < 1.29 is 23.7 Å². The van der Waals surface area contributed by atoms with E-state index < -0.39 is 0 Å². The summed E-state index contributed by atoms with van der Waals surface area (Å²) in [5.74, 6) is 2.60. The molecule has 1 atom stereocenters. The average molecular weight is 559 g/mol. The quantitative estimate of drug-likeness (QED) is 0.0938. The second-order valence-corrected chi connectivity index (χ2v) is 10.9. The molecule has 220 valence electrons. The minimum atomic E-state index is -0.224. The number of benzene rings is 3. The number of fused-ring (bicyclic) bond motifs is 1. The Hall–Kier alpha value is -3.47. The standard InChI is InChI=1S/C36H46O5/c1-3-5-6-7-8-9-10-11-15-18-36(37)41-35-26-31(39-27-28-16-13-12-14-17-28)22-23-32(35)33-24-20-29-19-21-30(38-4-2)25-34(29)40-33/h12-14,16-17,19,21-23,25-26,33H,3-11,15,18,20,24,27H2,1-2H3. The van der Waals surface area contributed by atoms with Crippen LogP contribution in [0.5, 0.6) is 23.0 Å². The zero-order chi connectivity index (χ0) is 28.7. The molecule has 1 aliphatic rings. The molecule has 4 rings (SSSR count). The Kier molecular flexibility index (Phi) is 12.4. The van der Waals surface area contributed by atoms with Crippen LogP contribution in [-0.4, -0.2) is 12.6 Å². The minimum Gasteiger partial charge on any atom is -0.494 e. The fourth-order valence-corrected chi connectivity index (χ4v) is 5.28. The first-order valence-corrected chi connectivity index (χ1v) is 15.6. The van der Waals surface area contributed by atoms with Crippen LogP contribution in [0.3, 0.4) is 0 Å². The van der Waals surface area contributed by atoms with Crippen molar-refractivity contribution in [2.75, 3.05) is 6.61 Å². The SMILES string of the molecule is CCCCCCCCCCCC(=O)Oc1cc(OCc2ccccc2)ccc1C1CCc2ccc(OCC)cc2O1. The van der Waals surface area contributed by atoms with Gasteiger partial charge in [0, 0.05) is 24.1 Å². The number of esters is 1. The number of rotatable bonds is 17. The normalized spacial score (nSPS) is 14.1. The van der Waals surface area contributed by atoms with Gasteiger partial charge in [-0.25, -0.2) is 0 Å². The van der Waals surface area contributed by atoms with Crippen LogP contribution in [-0.2, 0) is 17.8 Å². The first-order valence-electron chi connectivity index (χ1n) is 15.6. The Bertz CT molecular complexity index is 1210. The summed E-state index contributed by atoms with van der Waals surface area (Å²) in [5.41, 5.74) is 3.11. The largest absolute Gasteiger partial charge is 0.494 e. The van der Waals surface area contributed by atoms with Gasteiger partial charge in [-0.15, -0.1) is 0 Å². The van der Waals surface area contributed by atoms with Gasteiger partial charge in [0.15, 0.2) is 0 Å². The number of aryl methyl sites for hydroxylation is 1. The van der Waals surface area contributed by atoms with Crippen LogP contribution in [0.25, 0.3) is 0 Å². The lowest BCUT2D eigenvalue weighted by atomic mass is 9.96. The zero-order valence-corrected chi connectivity index (χ0v) is 24.9. The van der Waals surface area contributed by atoms with Crippen molar-refractivity contribution in [1.82, 2.24) is 0 Å². The Morgan fingerprint density at radius 2 is 1.51 bits per heavy atom. The number of hydrogen-bond donors (Lipinski definition) is 0. The molecule has 0 saturated carbocycles. The molecule has 1 aliphatic heterocycles. The van der Waals surface area contributed by atoms with Crippen molar-refractivity contribution in [2.45, 2.75) is 104 Å². The molecule has 0 saturated heterocycles. The van der Waals surface area contributed by atoms with Gasteiger partial charge in [0.05, 0.1) is 6.61 Å². The van der Waals surface area contributed by atoms with Gasteiger partial charge in [-0.2, -0.15) is 0 Å². The van der Waals surface area contributed by atoms with E-state index in [1.807, 2.05) is 67.6 Å². The van der Waals surface area contributed by atoms with Gasteiger partial charge in [-0.05, 0) is 55.5 Å². The van der Waals surface area contributed by atoms with Crippen molar-refractivity contribution in [2.24, 2.45) is 0 Å². The summed E-state index contributed by atoms with van der Waals surface area (Å²) in [6.45, 7) is 5.26. The van der Waals surface area contributed by atoms with Crippen LogP contribution in [0.4, 0.5) is 0 Å². The third kappa shape index (κ3) is 9.84. The Morgan fingerprint density at radius 3 is 2.27 bits per heavy atom. The molecule has 5 heteroatoms. The van der Waals surface area contributed by atoms with Gasteiger partial charge >= 0.3 is 5.97 Å². The lowest BCUT2D eigenvalue weighted by molar-refractivity contribution is -0.134. The molecular formula is C36H46O5. The molecule has 41 heavy (non-hydrogen) atoms. The number of unbranched alkanes of at least 4 members (excludes halogenated alkanes) is 8. The maximum absolute atomic E-state index is 12.9. The van der Waals surface area contributed by atoms with Crippen molar-refractivity contribution in [3.05, 3.63) is 83.4 Å². The molecule has 0 bridgehead atoms. The maximum atomic E-state index is 12.9. The van der Waals surface area contributed by atoms with Gasteiger partial charge in [0.1, 0.15) is 35.7 Å². The fraction of sp³-hybridized carbons (Fsp3) is 0.472. The lowest BCUT2D eigenvalue weighted by Gasteiger charge is -2.28. The van der Waals surface area contributed by atoms with E-state index in [1.165, 1.54) is 44.9 Å². The van der Waals surface area contributed by atoms with E-state index in [0.717, 1.165) is 53.9 Å². The summed E-state index contributed by atoms with van der Waals surface area (Å²) in [6.07, 6.45) is 12.8. The second-order valence-electron chi connectivity index (χ2n) is 10.9. The van der Waals surface area contributed by atoms with Crippen LogP contribution in [0.15, 0.2) is 66.7 Å². The van der Waals surface area contributed by atoms with Crippen molar-refractivity contribution >= 4 is 5.97 Å². The van der Waals surface area contributed by atoms with Crippen LogP contribution in [0.2, 0.25) is 0 Å². The minimum absolute atomic E-state index is 0.204. The summed E-state index contributed by atoms with van der Waals surface area (Å²) < 4.78 is 24.2. The highest BCUT2D eigenvalue weighted by atomic mass is 16.5. The van der Waals surface area contributed by atoms with E-state index in [1.54, 1.807) is 0 Å².